The standard InChI is InChI=1S/C8H15NO3/c1-8(2)3-5(10)6(4-8)12-7(9)11/h5-6,10H,3-4H2,1-2H3,(H2,9,11)/t5-,6-/m0/s1. The van der Waals surface area contributed by atoms with Crippen LogP contribution in [0.1, 0.15) is 26.7 Å². The van der Waals surface area contributed by atoms with Crippen molar-refractivity contribution in [3.8, 4) is 0 Å². The monoisotopic (exact) mass is 173 g/mol. The highest BCUT2D eigenvalue weighted by atomic mass is 16.6. The Kier molecular flexibility index (Phi) is 2.28. The van der Waals surface area contributed by atoms with Gasteiger partial charge in [0.05, 0.1) is 6.10 Å². The van der Waals surface area contributed by atoms with Gasteiger partial charge in [-0.2, -0.15) is 0 Å². The number of hydrogen-bond donors (Lipinski definition) is 2. The fourth-order valence-corrected chi connectivity index (χ4v) is 1.73. The first-order valence-corrected chi connectivity index (χ1v) is 4.05. The lowest BCUT2D eigenvalue weighted by molar-refractivity contribution is 0.0266. The first kappa shape index (κ1) is 9.32. The number of carbonyl (C=O) groups is 1. The highest BCUT2D eigenvalue weighted by Crippen LogP contribution is 2.38. The summed E-state index contributed by atoms with van der Waals surface area (Å²) in [7, 11) is 0. The van der Waals surface area contributed by atoms with Gasteiger partial charge in [-0.1, -0.05) is 13.8 Å². The summed E-state index contributed by atoms with van der Waals surface area (Å²) >= 11 is 0. The molecule has 3 N–H and O–H groups in total. The van der Waals surface area contributed by atoms with E-state index in [2.05, 4.69) is 0 Å². The molecule has 0 aliphatic heterocycles. The van der Waals surface area contributed by atoms with Crippen molar-refractivity contribution < 1.29 is 14.6 Å². The highest BCUT2D eigenvalue weighted by Gasteiger charge is 2.40. The molecule has 12 heavy (non-hydrogen) atoms. The average molecular weight is 173 g/mol. The van der Waals surface area contributed by atoms with Crippen LogP contribution in [0.25, 0.3) is 0 Å². The molecule has 0 spiro atoms. The number of primary amides is 1. The van der Waals surface area contributed by atoms with Crippen LogP contribution in [0.3, 0.4) is 0 Å². The molecule has 0 aromatic heterocycles. The quantitative estimate of drug-likeness (QED) is 0.611. The number of rotatable bonds is 1. The van der Waals surface area contributed by atoms with E-state index in [1.165, 1.54) is 0 Å². The Morgan fingerprint density at radius 3 is 2.50 bits per heavy atom. The van der Waals surface area contributed by atoms with Gasteiger partial charge in [0.1, 0.15) is 6.10 Å². The number of hydrogen-bond acceptors (Lipinski definition) is 3. The number of aliphatic hydroxyl groups is 1. The molecule has 4 heteroatoms. The molecule has 0 aromatic rings. The lowest BCUT2D eigenvalue weighted by Crippen LogP contribution is -2.28. The average Bonchev–Trinajstić information content (AvgIpc) is 2.03. The topological polar surface area (TPSA) is 72.5 Å². The molecule has 0 unspecified atom stereocenters. The van der Waals surface area contributed by atoms with Gasteiger partial charge in [-0.3, -0.25) is 0 Å². The Balaban J connectivity index is 2.52. The third-order valence-corrected chi connectivity index (χ3v) is 2.21. The molecule has 0 heterocycles. The number of amides is 1. The Morgan fingerprint density at radius 1 is 1.58 bits per heavy atom. The molecule has 70 valence electrons. The molecule has 1 fully saturated rings. The molecule has 4 nitrogen and oxygen atoms in total. The molecular formula is C8H15NO3. The van der Waals surface area contributed by atoms with Crippen LogP contribution in [0.2, 0.25) is 0 Å². The minimum absolute atomic E-state index is 0.0412. The molecular weight excluding hydrogens is 158 g/mol. The van der Waals surface area contributed by atoms with Gasteiger partial charge in [-0.05, 0) is 18.3 Å². The second-order valence-corrected chi connectivity index (χ2v) is 4.12. The van der Waals surface area contributed by atoms with E-state index in [4.69, 9.17) is 10.5 Å². The Labute approximate surface area is 71.7 Å². The fraction of sp³-hybridized carbons (Fsp3) is 0.875. The van der Waals surface area contributed by atoms with Gasteiger partial charge >= 0.3 is 6.09 Å². The van der Waals surface area contributed by atoms with Crippen molar-refractivity contribution >= 4 is 6.09 Å². The lowest BCUT2D eigenvalue weighted by atomic mass is 9.92. The van der Waals surface area contributed by atoms with Crippen molar-refractivity contribution in [2.24, 2.45) is 11.1 Å². The van der Waals surface area contributed by atoms with Crippen LogP contribution >= 0.6 is 0 Å². The summed E-state index contributed by atoms with van der Waals surface area (Å²) in [5, 5.41) is 9.44. The third kappa shape index (κ3) is 2.11. The molecule has 0 radical (unpaired) electrons. The van der Waals surface area contributed by atoms with Crippen LogP contribution in [0, 0.1) is 5.41 Å². The van der Waals surface area contributed by atoms with E-state index in [0.717, 1.165) is 0 Å². The molecule has 0 aromatic carbocycles. The highest BCUT2D eigenvalue weighted by molar-refractivity contribution is 5.64. The first-order chi connectivity index (χ1) is 5.41. The normalized spacial score (nSPS) is 33.2. The molecule has 1 rings (SSSR count). The van der Waals surface area contributed by atoms with Gasteiger partial charge in [0.15, 0.2) is 0 Å². The van der Waals surface area contributed by atoms with Crippen molar-refractivity contribution in [1.82, 2.24) is 0 Å². The van der Waals surface area contributed by atoms with Crippen LogP contribution in [0.5, 0.6) is 0 Å². The van der Waals surface area contributed by atoms with Gasteiger partial charge in [0, 0.05) is 0 Å². The van der Waals surface area contributed by atoms with Gasteiger partial charge in [0.25, 0.3) is 0 Å². The van der Waals surface area contributed by atoms with Gasteiger partial charge in [0.2, 0.25) is 0 Å². The first-order valence-electron chi connectivity index (χ1n) is 4.05. The number of carbonyl (C=O) groups excluding carboxylic acids is 1. The largest absolute Gasteiger partial charge is 0.444 e. The van der Waals surface area contributed by atoms with Gasteiger partial charge in [-0.25, -0.2) is 4.79 Å². The summed E-state index contributed by atoms with van der Waals surface area (Å²) in [5.41, 5.74) is 4.89. The Hall–Kier alpha value is -0.770. The van der Waals surface area contributed by atoms with E-state index in [1.54, 1.807) is 0 Å². The zero-order valence-electron chi connectivity index (χ0n) is 7.41. The van der Waals surface area contributed by atoms with E-state index in [1.807, 2.05) is 13.8 Å². The maximum Gasteiger partial charge on any atom is 0.404 e. The zero-order valence-corrected chi connectivity index (χ0v) is 7.41. The maximum atomic E-state index is 10.4. The molecule has 0 bridgehead atoms. The van der Waals surface area contributed by atoms with E-state index < -0.39 is 18.3 Å². The molecule has 1 aliphatic rings. The summed E-state index contributed by atoms with van der Waals surface area (Å²) in [6.45, 7) is 4.06. The van der Waals surface area contributed by atoms with Crippen molar-refractivity contribution in [2.75, 3.05) is 0 Å². The van der Waals surface area contributed by atoms with Crippen LogP contribution in [-0.2, 0) is 4.74 Å². The van der Waals surface area contributed by atoms with Crippen molar-refractivity contribution in [2.45, 2.75) is 38.9 Å². The predicted molar refractivity (Wildman–Crippen MR) is 43.5 cm³/mol. The second-order valence-electron chi connectivity index (χ2n) is 4.12. The van der Waals surface area contributed by atoms with Crippen molar-refractivity contribution in [3.63, 3.8) is 0 Å². The Morgan fingerprint density at radius 2 is 2.17 bits per heavy atom. The SMILES string of the molecule is CC1(C)C[C@H](OC(N)=O)[C@@H](O)C1. The number of ether oxygens (including phenoxy) is 1. The molecule has 2 atom stereocenters. The summed E-state index contributed by atoms with van der Waals surface area (Å²) in [4.78, 5) is 10.4. The summed E-state index contributed by atoms with van der Waals surface area (Å²) < 4.78 is 4.75. The molecule has 0 saturated heterocycles. The second kappa shape index (κ2) is 2.94. The van der Waals surface area contributed by atoms with Crippen molar-refractivity contribution in [3.05, 3.63) is 0 Å². The predicted octanol–water partition coefficient (Wildman–Crippen LogP) is 0.631. The van der Waals surface area contributed by atoms with Crippen LogP contribution in [0.15, 0.2) is 0 Å². The zero-order chi connectivity index (χ0) is 9.35. The minimum Gasteiger partial charge on any atom is -0.444 e. The summed E-state index contributed by atoms with van der Waals surface area (Å²) in [6, 6.07) is 0. The van der Waals surface area contributed by atoms with Crippen LogP contribution in [-0.4, -0.2) is 23.4 Å². The molecule has 1 aliphatic carbocycles. The van der Waals surface area contributed by atoms with E-state index in [0.29, 0.717) is 12.8 Å². The number of nitrogens with two attached hydrogens (primary N) is 1. The third-order valence-electron chi connectivity index (χ3n) is 2.21. The van der Waals surface area contributed by atoms with E-state index >= 15 is 0 Å². The summed E-state index contributed by atoms with van der Waals surface area (Å²) in [6.07, 6.45) is -0.455. The Bertz CT molecular complexity index is 191. The van der Waals surface area contributed by atoms with Gasteiger partial charge in [-0.15, -0.1) is 0 Å². The van der Waals surface area contributed by atoms with E-state index in [9.17, 15) is 9.90 Å². The molecule has 1 amide bonds. The van der Waals surface area contributed by atoms with Crippen LogP contribution < -0.4 is 5.73 Å². The summed E-state index contributed by atoms with van der Waals surface area (Å²) in [5.74, 6) is 0. The minimum atomic E-state index is -0.809. The fourth-order valence-electron chi connectivity index (χ4n) is 1.73. The number of aliphatic hydroxyl groups excluding tert-OH is 1. The van der Waals surface area contributed by atoms with E-state index in [-0.39, 0.29) is 5.41 Å². The van der Waals surface area contributed by atoms with Crippen LogP contribution in [0.4, 0.5) is 4.79 Å². The van der Waals surface area contributed by atoms with Crippen molar-refractivity contribution in [1.29, 1.82) is 0 Å². The lowest BCUT2D eigenvalue weighted by Gasteiger charge is -2.15. The van der Waals surface area contributed by atoms with Gasteiger partial charge < -0.3 is 15.6 Å². The smallest absolute Gasteiger partial charge is 0.404 e. The molecule has 1 saturated carbocycles. The maximum absolute atomic E-state index is 10.4.